The number of benzene rings is 1. The molecule has 2 aliphatic heterocycles. The van der Waals surface area contributed by atoms with Crippen molar-refractivity contribution in [2.24, 2.45) is 4.99 Å². The van der Waals surface area contributed by atoms with Crippen molar-refractivity contribution in [2.45, 2.75) is 32.8 Å². The van der Waals surface area contributed by atoms with Gasteiger partial charge in [-0.3, -0.25) is 4.79 Å². The molecule has 4 rings (SSSR count). The molecule has 1 saturated heterocycles. The molecule has 0 spiro atoms. The van der Waals surface area contributed by atoms with Crippen LogP contribution in [0.25, 0.3) is 0 Å². The summed E-state index contributed by atoms with van der Waals surface area (Å²) in [7, 11) is 0. The fraction of sp³-hybridized carbons (Fsp3) is 0.316. The van der Waals surface area contributed by atoms with E-state index in [1.165, 1.54) is 11.3 Å². The third kappa shape index (κ3) is 2.03. The number of hydrogen-bond acceptors (Lipinski definition) is 6. The molecule has 0 amide bonds. The van der Waals surface area contributed by atoms with Crippen molar-refractivity contribution in [3.8, 4) is 6.07 Å². The van der Waals surface area contributed by atoms with Crippen LogP contribution in [0.3, 0.4) is 0 Å². The van der Waals surface area contributed by atoms with Gasteiger partial charge in [0.05, 0.1) is 17.2 Å². The average Bonchev–Trinajstić information content (AvgIpc) is 3.07. The zero-order chi connectivity index (χ0) is 17.9. The summed E-state index contributed by atoms with van der Waals surface area (Å²) >= 11 is 1.48. The van der Waals surface area contributed by atoms with Crippen molar-refractivity contribution in [3.05, 3.63) is 45.3 Å². The normalized spacial score (nSPS) is 21.6. The van der Waals surface area contributed by atoms with E-state index in [1.54, 1.807) is 6.07 Å². The molecular weight excluding hydrogens is 334 g/mol. The zero-order valence-corrected chi connectivity index (χ0v) is 15.1. The fourth-order valence-corrected chi connectivity index (χ4v) is 4.64. The van der Waals surface area contributed by atoms with Crippen LogP contribution in [0.1, 0.15) is 38.3 Å². The van der Waals surface area contributed by atoms with E-state index in [-0.39, 0.29) is 5.78 Å². The molecule has 2 aromatic rings. The van der Waals surface area contributed by atoms with Crippen LogP contribution in [0.5, 0.6) is 0 Å². The number of Topliss-reactive ketones (excluding diaryl/α,β-unsaturated/α-hetero) is 1. The molecule has 1 atom stereocenters. The van der Waals surface area contributed by atoms with E-state index in [0.717, 1.165) is 21.7 Å². The highest BCUT2D eigenvalue weighted by Crippen LogP contribution is 2.45. The number of aliphatic imine (C=N–C) groups is 1. The highest BCUT2D eigenvalue weighted by molar-refractivity contribution is 7.16. The highest BCUT2D eigenvalue weighted by atomic mass is 32.1. The number of aryl methyl sites for hydroxylation is 1. The van der Waals surface area contributed by atoms with Gasteiger partial charge in [-0.05, 0) is 44.0 Å². The van der Waals surface area contributed by atoms with E-state index in [1.807, 2.05) is 37.8 Å². The molecule has 1 aromatic heterocycles. The number of carbonyl (C=O) groups is 1. The minimum Gasteiger partial charge on any atom is -0.374 e. The number of rotatable bonds is 1. The van der Waals surface area contributed by atoms with Crippen molar-refractivity contribution in [1.82, 2.24) is 0 Å². The Hall–Kier alpha value is -2.49. The first-order valence-electron chi connectivity index (χ1n) is 8.12. The molecule has 6 heteroatoms. The fourth-order valence-electron chi connectivity index (χ4n) is 3.61. The predicted octanol–water partition coefficient (Wildman–Crippen LogP) is 3.41. The van der Waals surface area contributed by atoms with E-state index in [4.69, 9.17) is 0 Å². The molecule has 0 radical (unpaired) electrons. The Bertz CT molecular complexity index is 999. The van der Waals surface area contributed by atoms with Gasteiger partial charge in [-0.2, -0.15) is 5.26 Å². The Morgan fingerprint density at radius 1 is 1.32 bits per heavy atom. The Morgan fingerprint density at radius 2 is 2.08 bits per heavy atom. The van der Waals surface area contributed by atoms with E-state index in [2.05, 4.69) is 11.1 Å². The van der Waals surface area contributed by atoms with Gasteiger partial charge in [0.1, 0.15) is 5.00 Å². The molecule has 0 aliphatic carbocycles. The maximum Gasteiger partial charge on any atom is 0.205 e. The molecular formula is C19H17N3O2S. The second kappa shape index (κ2) is 5.25. The standard InChI is InChI=1S/C19H17N3O2S/c1-10-12(3)25-17-15(10)16(23)19(24)7-8-22(18(19)21-17)14-6-4-5-13(9-20)11(14)2/h4-6,24H,7-8H2,1-3H3/t19-/m1/s1. The summed E-state index contributed by atoms with van der Waals surface area (Å²) in [4.78, 5) is 20.6. The van der Waals surface area contributed by atoms with Gasteiger partial charge in [0.15, 0.2) is 11.4 Å². The summed E-state index contributed by atoms with van der Waals surface area (Å²) in [5.41, 5.74) is 2.10. The zero-order valence-electron chi connectivity index (χ0n) is 14.3. The minimum atomic E-state index is -1.58. The molecule has 1 aromatic carbocycles. The second-order valence-electron chi connectivity index (χ2n) is 6.55. The topological polar surface area (TPSA) is 76.7 Å². The molecule has 0 bridgehead atoms. The van der Waals surface area contributed by atoms with Crippen LogP contribution in [0, 0.1) is 32.1 Å². The first-order valence-corrected chi connectivity index (χ1v) is 8.93. The Balaban J connectivity index is 1.91. The van der Waals surface area contributed by atoms with Gasteiger partial charge in [-0.25, -0.2) is 4.99 Å². The van der Waals surface area contributed by atoms with Crippen LogP contribution in [0.2, 0.25) is 0 Å². The maximum absolute atomic E-state index is 13.0. The lowest BCUT2D eigenvalue weighted by molar-refractivity contribution is 0.0602. The van der Waals surface area contributed by atoms with Gasteiger partial charge >= 0.3 is 0 Å². The Labute approximate surface area is 149 Å². The van der Waals surface area contributed by atoms with Crippen LogP contribution in [0.15, 0.2) is 23.2 Å². The number of ketones is 1. The van der Waals surface area contributed by atoms with Gasteiger partial charge in [0.2, 0.25) is 5.78 Å². The van der Waals surface area contributed by atoms with Gasteiger partial charge in [0, 0.05) is 23.5 Å². The first kappa shape index (κ1) is 16.0. The summed E-state index contributed by atoms with van der Waals surface area (Å²) < 4.78 is 0. The molecule has 0 unspecified atom stereocenters. The van der Waals surface area contributed by atoms with Crippen LogP contribution in [-0.4, -0.2) is 28.9 Å². The summed E-state index contributed by atoms with van der Waals surface area (Å²) in [6.07, 6.45) is 0.300. The number of nitriles is 1. The molecule has 0 saturated carbocycles. The molecule has 5 nitrogen and oxygen atoms in total. The number of nitrogens with zero attached hydrogens (tertiary/aromatic N) is 3. The summed E-state index contributed by atoms with van der Waals surface area (Å²) in [6, 6.07) is 7.66. The third-order valence-corrected chi connectivity index (χ3v) is 6.32. The number of amidine groups is 1. The summed E-state index contributed by atoms with van der Waals surface area (Å²) in [5, 5.41) is 21.1. The van der Waals surface area contributed by atoms with Crippen LogP contribution in [0.4, 0.5) is 10.7 Å². The lowest BCUT2D eigenvalue weighted by Gasteiger charge is -2.29. The minimum absolute atomic E-state index is 0.258. The highest BCUT2D eigenvalue weighted by Gasteiger charge is 2.53. The smallest absolute Gasteiger partial charge is 0.205 e. The monoisotopic (exact) mass is 351 g/mol. The third-order valence-electron chi connectivity index (χ3n) is 5.22. The van der Waals surface area contributed by atoms with Gasteiger partial charge in [-0.15, -0.1) is 11.3 Å². The maximum atomic E-state index is 13.0. The number of fused-ring (bicyclic) bond motifs is 2. The van der Waals surface area contributed by atoms with Crippen LogP contribution in [-0.2, 0) is 0 Å². The number of anilines is 1. The van der Waals surface area contributed by atoms with Gasteiger partial charge in [-0.1, -0.05) is 6.07 Å². The average molecular weight is 351 g/mol. The summed E-state index contributed by atoms with van der Waals surface area (Å²) in [5.74, 6) is 0.121. The number of aliphatic hydroxyl groups is 1. The van der Waals surface area contributed by atoms with E-state index < -0.39 is 5.60 Å². The Kier molecular flexibility index (Phi) is 3.36. The molecule has 1 N–H and O–H groups in total. The second-order valence-corrected chi connectivity index (χ2v) is 7.75. The van der Waals surface area contributed by atoms with Crippen molar-refractivity contribution in [2.75, 3.05) is 11.4 Å². The van der Waals surface area contributed by atoms with Crippen molar-refractivity contribution < 1.29 is 9.90 Å². The van der Waals surface area contributed by atoms with Crippen molar-refractivity contribution in [3.63, 3.8) is 0 Å². The Morgan fingerprint density at radius 3 is 2.80 bits per heavy atom. The number of thiophene rings is 1. The molecule has 3 heterocycles. The van der Waals surface area contributed by atoms with Gasteiger partial charge < -0.3 is 10.0 Å². The molecule has 126 valence electrons. The molecule has 25 heavy (non-hydrogen) atoms. The SMILES string of the molecule is Cc1sc2c(c1C)C(=O)[C@]1(O)CCN(c3cccc(C#N)c3C)C1=N2. The van der Waals surface area contributed by atoms with E-state index in [9.17, 15) is 15.2 Å². The molecule has 1 fully saturated rings. The lowest BCUT2D eigenvalue weighted by Crippen LogP contribution is -2.48. The van der Waals surface area contributed by atoms with E-state index in [0.29, 0.717) is 34.9 Å². The quantitative estimate of drug-likeness (QED) is 0.854. The number of hydrogen-bond donors (Lipinski definition) is 1. The largest absolute Gasteiger partial charge is 0.374 e. The van der Waals surface area contributed by atoms with Crippen LogP contribution < -0.4 is 4.90 Å². The predicted molar refractivity (Wildman–Crippen MR) is 98.0 cm³/mol. The summed E-state index contributed by atoms with van der Waals surface area (Å²) in [6.45, 7) is 6.23. The van der Waals surface area contributed by atoms with Crippen molar-refractivity contribution >= 4 is 33.6 Å². The van der Waals surface area contributed by atoms with Crippen LogP contribution >= 0.6 is 11.3 Å². The number of carbonyl (C=O) groups excluding carboxylic acids is 1. The molecule has 2 aliphatic rings. The van der Waals surface area contributed by atoms with E-state index >= 15 is 0 Å². The first-order chi connectivity index (χ1) is 11.9. The van der Waals surface area contributed by atoms with Crippen molar-refractivity contribution in [1.29, 1.82) is 5.26 Å². The van der Waals surface area contributed by atoms with Gasteiger partial charge in [0.25, 0.3) is 0 Å². The lowest BCUT2D eigenvalue weighted by atomic mass is 9.88.